The molecule has 5 saturated heterocycles. The largest absolute Gasteiger partial charge is 0.508 e. The smallest absolute Gasteiger partial charge is 0.324 e. The van der Waals surface area contributed by atoms with Gasteiger partial charge in [0.15, 0.2) is 0 Å². The topological polar surface area (TPSA) is 286 Å². The minimum absolute atomic E-state index is 0.0152. The standard InChI is InChI=1S/C48H70N10O10S2/c59-27-17-13-25(14-18-27)57(23-37(61)62)69(65,66)36-22-21-35-39(40(36)70(67,68)58(24-38(63)64)26-15-19-28(60)20-16-26)48-55-46-34-12-6-5-11-33(34)44(53-46)51-42-30-8-2-1-7-29(30)41(49-42)50-43-31-9-3-4-10-32(31)45(52-43)54-47(35)56-48/h13-20,29-36,39-56,59-60H,1-12,21-24H2,(H,61,62)(H,63,64). The lowest BCUT2D eigenvalue weighted by atomic mass is 9.76. The van der Waals surface area contributed by atoms with Gasteiger partial charge in [0.1, 0.15) is 29.8 Å². The maximum absolute atomic E-state index is 16.0. The molecule has 70 heavy (non-hydrogen) atoms. The Bertz CT molecular complexity index is 2470. The minimum Gasteiger partial charge on any atom is -0.508 e. The molecule has 4 aliphatic carbocycles. The van der Waals surface area contributed by atoms with Crippen molar-refractivity contribution in [1.29, 1.82) is 0 Å². The number of carbonyl (C=O) groups is 2. The number of anilines is 2. The van der Waals surface area contributed by atoms with E-state index >= 15 is 16.8 Å². The summed E-state index contributed by atoms with van der Waals surface area (Å²) < 4.78 is 64.6. The molecule has 18 unspecified atom stereocenters. The van der Waals surface area contributed by atoms with E-state index in [1.807, 2.05) is 0 Å². The Labute approximate surface area is 410 Å². The highest BCUT2D eigenvalue weighted by Gasteiger charge is 2.63. The van der Waals surface area contributed by atoms with Crippen LogP contribution in [0.3, 0.4) is 0 Å². The van der Waals surface area contributed by atoms with Crippen LogP contribution in [0.1, 0.15) is 89.9 Å². The summed E-state index contributed by atoms with van der Waals surface area (Å²) in [6.45, 7) is -2.07. The van der Waals surface area contributed by atoms with E-state index < -0.39 is 79.7 Å². The van der Waals surface area contributed by atoms with Crippen molar-refractivity contribution in [2.45, 2.75) is 150 Å². The number of aliphatic carboxylic acids is 2. The molecule has 5 heterocycles. The molecule has 9 aliphatic rings. The number of carboxylic acid groups (broad SMARTS) is 2. The number of carboxylic acids is 2. The van der Waals surface area contributed by atoms with Crippen molar-refractivity contribution in [2.24, 2.45) is 47.3 Å². The fourth-order valence-electron chi connectivity index (χ4n) is 15.1. The first-order chi connectivity index (χ1) is 33.6. The number of aromatic hydroxyl groups is 2. The molecule has 2 aromatic carbocycles. The zero-order valence-corrected chi connectivity index (χ0v) is 40.9. The van der Waals surface area contributed by atoms with Crippen LogP contribution in [0.25, 0.3) is 0 Å². The van der Waals surface area contributed by atoms with Crippen LogP contribution < -0.4 is 51.1 Å². The van der Waals surface area contributed by atoms with Gasteiger partial charge in [0.25, 0.3) is 0 Å². The molecule has 8 bridgehead atoms. The molecule has 0 aromatic heterocycles. The molecular formula is C48H70N10O10S2. The highest BCUT2D eigenvalue weighted by atomic mass is 32.2. The lowest BCUT2D eigenvalue weighted by molar-refractivity contribution is -0.136. The summed E-state index contributed by atoms with van der Waals surface area (Å²) in [5, 5.41) is 69.4. The number of phenols is 2. The van der Waals surface area contributed by atoms with E-state index in [4.69, 9.17) is 0 Å². The second-order valence-corrected chi connectivity index (χ2v) is 25.8. The maximum Gasteiger partial charge on any atom is 0.324 e. The van der Waals surface area contributed by atoms with E-state index in [1.165, 1.54) is 67.8 Å². The summed E-state index contributed by atoms with van der Waals surface area (Å²) in [4.78, 5) is 25.3. The molecule has 2 aromatic rings. The van der Waals surface area contributed by atoms with Crippen molar-refractivity contribution in [1.82, 2.24) is 42.5 Å². The predicted molar refractivity (Wildman–Crippen MR) is 260 cm³/mol. The van der Waals surface area contributed by atoms with Crippen LogP contribution in [0.15, 0.2) is 48.5 Å². The van der Waals surface area contributed by atoms with Crippen molar-refractivity contribution in [3.63, 3.8) is 0 Å². The van der Waals surface area contributed by atoms with Crippen molar-refractivity contribution in [3.05, 3.63) is 48.5 Å². The Hall–Kier alpha value is -3.84. The summed E-state index contributed by atoms with van der Waals surface area (Å²) in [5.74, 6) is -2.85. The first-order valence-electron chi connectivity index (χ1n) is 25.8. The number of sulfonamides is 2. The first-order valence-corrected chi connectivity index (χ1v) is 28.8. The number of fused-ring (bicyclic) bond motifs is 20. The van der Waals surface area contributed by atoms with Gasteiger partial charge < -0.3 is 20.4 Å². The average Bonchev–Trinajstić information content (AvgIpc) is 4.08. The quantitative estimate of drug-likeness (QED) is 0.162. The highest BCUT2D eigenvalue weighted by Crippen LogP contribution is 2.49. The number of nitrogens with zero attached hydrogens (tertiary/aromatic N) is 2. The molecule has 4 saturated carbocycles. The molecule has 384 valence electrons. The Kier molecular flexibility index (Phi) is 13.3. The van der Waals surface area contributed by atoms with E-state index in [1.54, 1.807) is 0 Å². The second-order valence-electron chi connectivity index (χ2n) is 21.7. The van der Waals surface area contributed by atoms with Gasteiger partial charge in [0.2, 0.25) is 20.0 Å². The molecule has 0 spiro atoms. The Morgan fingerprint density at radius 3 is 1.06 bits per heavy atom. The molecule has 0 amide bonds. The van der Waals surface area contributed by atoms with Crippen LogP contribution >= 0.6 is 0 Å². The zero-order chi connectivity index (χ0) is 48.6. The summed E-state index contributed by atoms with van der Waals surface area (Å²) in [7, 11) is -9.94. The van der Waals surface area contributed by atoms with Crippen LogP contribution in [0.2, 0.25) is 0 Å². The van der Waals surface area contributed by atoms with Gasteiger partial charge >= 0.3 is 11.9 Å². The number of hydrogen-bond donors (Lipinski definition) is 12. The van der Waals surface area contributed by atoms with Crippen LogP contribution in [0.4, 0.5) is 11.4 Å². The first kappa shape index (κ1) is 48.4. The van der Waals surface area contributed by atoms with Gasteiger partial charge in [-0.1, -0.05) is 38.5 Å². The number of rotatable bonds is 10. The van der Waals surface area contributed by atoms with Crippen molar-refractivity contribution >= 4 is 43.4 Å². The van der Waals surface area contributed by atoms with E-state index in [-0.39, 0.29) is 90.5 Å². The van der Waals surface area contributed by atoms with E-state index in [0.29, 0.717) is 22.1 Å². The summed E-state index contributed by atoms with van der Waals surface area (Å²) in [5.41, 5.74) is -0.153. The van der Waals surface area contributed by atoms with Gasteiger partial charge in [-0.2, -0.15) is 0 Å². The lowest BCUT2D eigenvalue weighted by Crippen LogP contribution is -2.63. The summed E-state index contributed by atoms with van der Waals surface area (Å²) in [6.07, 6.45) is 11.4. The Balaban J connectivity index is 1.04. The minimum atomic E-state index is -5.02. The maximum atomic E-state index is 16.0. The number of nitrogens with one attached hydrogen (secondary N) is 8. The molecular weight excluding hydrogens is 941 g/mol. The molecule has 0 radical (unpaired) electrons. The number of benzene rings is 2. The summed E-state index contributed by atoms with van der Waals surface area (Å²) in [6, 6.07) is 10.1. The fourth-order valence-corrected chi connectivity index (χ4v) is 20.2. The van der Waals surface area contributed by atoms with E-state index in [9.17, 15) is 30.0 Å². The Morgan fingerprint density at radius 1 is 0.429 bits per heavy atom. The molecule has 11 rings (SSSR count). The fraction of sp³-hybridized carbons (Fsp3) is 0.708. The van der Waals surface area contributed by atoms with Gasteiger partial charge in [0.05, 0.1) is 66.0 Å². The highest BCUT2D eigenvalue weighted by molar-refractivity contribution is 7.97. The normalized spacial score (nSPS) is 40.3. The zero-order valence-electron chi connectivity index (χ0n) is 39.3. The third kappa shape index (κ3) is 8.84. The van der Waals surface area contributed by atoms with E-state index in [2.05, 4.69) is 42.5 Å². The van der Waals surface area contributed by atoms with Crippen LogP contribution in [0, 0.1) is 47.3 Å². The van der Waals surface area contributed by atoms with Gasteiger partial charge in [-0.15, -0.1) is 0 Å². The average molecular weight is 1010 g/mol. The molecule has 5 aliphatic heterocycles. The van der Waals surface area contributed by atoms with Gasteiger partial charge in [0, 0.05) is 5.92 Å². The molecule has 9 fully saturated rings. The van der Waals surface area contributed by atoms with Crippen molar-refractivity contribution in [2.75, 3.05) is 21.7 Å². The van der Waals surface area contributed by atoms with Crippen LogP contribution in [-0.2, 0) is 29.6 Å². The SMILES string of the molecule is O=C(O)CN(c1ccc(O)cc1)S(=O)(=O)C1CCC2C3NC4NC(NC5NC(NC6NC(NC(N3)C2C1S(=O)(=O)N(CC(=O)O)c1ccc(O)cc1)C1CCCCC61)C1CCCCC51)C1CCCCC41. The monoisotopic (exact) mass is 1010 g/mol. The van der Waals surface area contributed by atoms with Gasteiger partial charge in [-0.3, -0.25) is 60.7 Å². The number of hydrogen-bond acceptors (Lipinski definition) is 16. The molecule has 18 atom stereocenters. The van der Waals surface area contributed by atoms with Gasteiger partial charge in [-0.25, -0.2) is 16.8 Å². The van der Waals surface area contributed by atoms with Crippen molar-refractivity contribution in [3.8, 4) is 11.5 Å². The third-order valence-corrected chi connectivity index (χ3v) is 22.8. The van der Waals surface area contributed by atoms with Crippen molar-refractivity contribution < 1.29 is 46.9 Å². The predicted octanol–water partition coefficient (Wildman–Crippen LogP) is 1.82. The van der Waals surface area contributed by atoms with E-state index in [0.717, 1.165) is 62.1 Å². The third-order valence-electron chi connectivity index (χ3n) is 18.1. The Morgan fingerprint density at radius 2 is 0.729 bits per heavy atom. The summed E-state index contributed by atoms with van der Waals surface area (Å²) >= 11 is 0. The molecule has 22 heteroatoms. The molecule has 12 N–H and O–H groups in total. The van der Waals surface area contributed by atoms with Crippen LogP contribution in [0.5, 0.6) is 11.5 Å². The van der Waals surface area contributed by atoms with Gasteiger partial charge in [-0.05, 0) is 141 Å². The lowest BCUT2D eigenvalue weighted by Gasteiger charge is -2.45. The number of phenolic OH excluding ortho intramolecular Hbond substituents is 2. The second kappa shape index (κ2) is 19.2. The molecule has 20 nitrogen and oxygen atoms in total. The van der Waals surface area contributed by atoms with Crippen LogP contribution in [-0.4, -0.2) is 122 Å².